The van der Waals surface area contributed by atoms with Gasteiger partial charge in [0.25, 0.3) is 0 Å². The summed E-state index contributed by atoms with van der Waals surface area (Å²) < 4.78 is 0. The molecule has 6 unspecified atom stereocenters. The summed E-state index contributed by atoms with van der Waals surface area (Å²) in [4.78, 5) is 0. The van der Waals surface area contributed by atoms with Crippen LogP contribution < -0.4 is 5.32 Å². The highest BCUT2D eigenvalue weighted by Gasteiger charge is 2.53. The average molecular weight is 223 g/mol. The summed E-state index contributed by atoms with van der Waals surface area (Å²) in [5, 5.41) is 12.7. The highest BCUT2D eigenvalue weighted by atomic mass is 16.3. The van der Waals surface area contributed by atoms with E-state index in [0.29, 0.717) is 12.6 Å². The first kappa shape index (κ1) is 11.0. The highest BCUT2D eigenvalue weighted by molar-refractivity contribution is 5.05. The number of hydrogen-bond donors (Lipinski definition) is 2. The first-order chi connectivity index (χ1) is 7.79. The fourth-order valence-corrected chi connectivity index (χ4v) is 4.90. The van der Waals surface area contributed by atoms with Crippen LogP contribution in [0.4, 0.5) is 0 Å². The van der Waals surface area contributed by atoms with Crippen molar-refractivity contribution in [2.24, 2.45) is 23.7 Å². The molecular formula is C14H25NO. The van der Waals surface area contributed by atoms with E-state index >= 15 is 0 Å². The van der Waals surface area contributed by atoms with Crippen molar-refractivity contribution in [3.63, 3.8) is 0 Å². The molecule has 0 heterocycles. The van der Waals surface area contributed by atoms with Gasteiger partial charge >= 0.3 is 0 Å². The van der Waals surface area contributed by atoms with E-state index in [-0.39, 0.29) is 0 Å². The van der Waals surface area contributed by atoms with Crippen LogP contribution in [0.2, 0.25) is 0 Å². The number of rotatable bonds is 4. The summed E-state index contributed by atoms with van der Waals surface area (Å²) in [5.41, 5.74) is 0. The molecule has 0 aromatic heterocycles. The van der Waals surface area contributed by atoms with Crippen molar-refractivity contribution in [2.45, 2.75) is 57.5 Å². The quantitative estimate of drug-likeness (QED) is 0.765. The molecule has 3 fully saturated rings. The molecule has 92 valence electrons. The second-order valence-corrected chi connectivity index (χ2v) is 6.34. The van der Waals surface area contributed by atoms with E-state index in [4.69, 9.17) is 5.11 Å². The Kier molecular flexibility index (Phi) is 2.97. The molecule has 0 aromatic rings. The van der Waals surface area contributed by atoms with Gasteiger partial charge < -0.3 is 10.4 Å². The van der Waals surface area contributed by atoms with Crippen LogP contribution in [-0.4, -0.2) is 23.8 Å². The summed E-state index contributed by atoms with van der Waals surface area (Å²) in [6, 6.07) is 1.26. The molecule has 3 rings (SSSR count). The number of aliphatic hydroxyl groups excluding tert-OH is 1. The van der Waals surface area contributed by atoms with Crippen molar-refractivity contribution in [1.29, 1.82) is 0 Å². The largest absolute Gasteiger partial charge is 0.396 e. The zero-order chi connectivity index (χ0) is 11.1. The first-order valence-corrected chi connectivity index (χ1v) is 7.16. The molecule has 0 spiro atoms. The Bertz CT molecular complexity index is 255. The Morgan fingerprint density at radius 1 is 1.19 bits per heavy atom. The lowest BCUT2D eigenvalue weighted by atomic mass is 9.79. The van der Waals surface area contributed by atoms with E-state index in [0.717, 1.165) is 36.1 Å². The Labute approximate surface area is 98.8 Å². The van der Waals surface area contributed by atoms with E-state index in [2.05, 4.69) is 12.2 Å². The minimum Gasteiger partial charge on any atom is -0.396 e. The van der Waals surface area contributed by atoms with E-state index in [1.807, 2.05) is 0 Å². The van der Waals surface area contributed by atoms with Gasteiger partial charge in [0.15, 0.2) is 0 Å². The molecule has 0 amide bonds. The van der Waals surface area contributed by atoms with E-state index in [1.165, 1.54) is 32.1 Å². The predicted octanol–water partition coefficient (Wildman–Crippen LogP) is 2.17. The van der Waals surface area contributed by atoms with E-state index in [1.54, 1.807) is 0 Å². The van der Waals surface area contributed by atoms with Gasteiger partial charge in [-0.25, -0.2) is 0 Å². The molecule has 2 N–H and O–H groups in total. The molecule has 0 aliphatic heterocycles. The monoisotopic (exact) mass is 223 g/mol. The number of hydrogen-bond acceptors (Lipinski definition) is 2. The highest BCUT2D eigenvalue weighted by Crippen LogP contribution is 2.58. The van der Waals surface area contributed by atoms with Crippen LogP contribution in [0.15, 0.2) is 0 Å². The van der Waals surface area contributed by atoms with Gasteiger partial charge in [-0.1, -0.05) is 6.42 Å². The maximum Gasteiger partial charge on any atom is 0.0445 e. The molecule has 16 heavy (non-hydrogen) atoms. The topological polar surface area (TPSA) is 32.3 Å². The van der Waals surface area contributed by atoms with Crippen LogP contribution in [0, 0.1) is 23.7 Å². The van der Waals surface area contributed by atoms with Crippen LogP contribution in [0.25, 0.3) is 0 Å². The van der Waals surface area contributed by atoms with Crippen molar-refractivity contribution >= 4 is 0 Å². The maximum atomic E-state index is 8.95. The minimum absolute atomic E-state index is 0.320. The zero-order valence-corrected chi connectivity index (χ0v) is 10.4. The van der Waals surface area contributed by atoms with Gasteiger partial charge in [-0.2, -0.15) is 0 Å². The Morgan fingerprint density at radius 3 is 2.81 bits per heavy atom. The number of fused-ring (bicyclic) bond motifs is 5. The van der Waals surface area contributed by atoms with Crippen LogP contribution in [-0.2, 0) is 0 Å². The molecule has 3 aliphatic carbocycles. The number of aliphatic hydroxyl groups is 1. The van der Waals surface area contributed by atoms with E-state index < -0.39 is 0 Å². The van der Waals surface area contributed by atoms with Crippen molar-refractivity contribution in [1.82, 2.24) is 5.32 Å². The summed E-state index contributed by atoms with van der Waals surface area (Å²) in [5.74, 6) is 4.16. The van der Waals surface area contributed by atoms with Gasteiger partial charge in [0.05, 0.1) is 0 Å². The summed E-state index contributed by atoms with van der Waals surface area (Å²) in [7, 11) is 0. The lowest BCUT2D eigenvalue weighted by Crippen LogP contribution is -2.43. The maximum absolute atomic E-state index is 8.95. The first-order valence-electron chi connectivity index (χ1n) is 7.16. The molecule has 3 aliphatic rings. The molecule has 2 bridgehead atoms. The normalized spacial score (nSPS) is 47.2. The Hall–Kier alpha value is -0.0800. The molecular weight excluding hydrogens is 198 g/mol. The second-order valence-electron chi connectivity index (χ2n) is 6.34. The Balaban J connectivity index is 1.59. The van der Waals surface area contributed by atoms with Crippen LogP contribution in [0.3, 0.4) is 0 Å². The van der Waals surface area contributed by atoms with Crippen LogP contribution in [0.1, 0.15) is 45.4 Å². The molecule has 0 saturated heterocycles. The third kappa shape index (κ3) is 1.70. The lowest BCUT2D eigenvalue weighted by Gasteiger charge is -2.34. The van der Waals surface area contributed by atoms with Gasteiger partial charge in [0, 0.05) is 18.7 Å². The molecule has 3 saturated carbocycles. The predicted molar refractivity (Wildman–Crippen MR) is 65.1 cm³/mol. The summed E-state index contributed by atoms with van der Waals surface area (Å²) in [6.07, 6.45) is 8.33. The molecule has 0 radical (unpaired) electrons. The Morgan fingerprint density at radius 2 is 2.00 bits per heavy atom. The fraction of sp³-hybridized carbons (Fsp3) is 1.00. The average Bonchev–Trinajstić information content (AvgIpc) is 2.86. The summed E-state index contributed by atoms with van der Waals surface area (Å²) in [6.45, 7) is 2.54. The van der Waals surface area contributed by atoms with Gasteiger partial charge in [-0.15, -0.1) is 0 Å². The van der Waals surface area contributed by atoms with Crippen molar-refractivity contribution in [3.8, 4) is 0 Å². The second kappa shape index (κ2) is 4.30. The third-order valence-electron chi connectivity index (χ3n) is 5.49. The van der Waals surface area contributed by atoms with Gasteiger partial charge in [-0.3, -0.25) is 0 Å². The number of nitrogens with one attached hydrogen (secondary N) is 1. The lowest BCUT2D eigenvalue weighted by molar-refractivity contribution is 0.189. The van der Waals surface area contributed by atoms with Gasteiger partial charge in [0.1, 0.15) is 0 Å². The van der Waals surface area contributed by atoms with Crippen molar-refractivity contribution in [2.75, 3.05) is 6.61 Å². The van der Waals surface area contributed by atoms with Crippen molar-refractivity contribution < 1.29 is 5.11 Å². The van der Waals surface area contributed by atoms with Crippen molar-refractivity contribution in [3.05, 3.63) is 0 Å². The zero-order valence-electron chi connectivity index (χ0n) is 10.4. The molecule has 0 aromatic carbocycles. The fourth-order valence-electron chi connectivity index (χ4n) is 4.90. The minimum atomic E-state index is 0.320. The van der Waals surface area contributed by atoms with Gasteiger partial charge in [-0.05, 0) is 62.7 Å². The van der Waals surface area contributed by atoms with Gasteiger partial charge in [0.2, 0.25) is 0 Å². The smallest absolute Gasteiger partial charge is 0.0445 e. The van der Waals surface area contributed by atoms with E-state index in [9.17, 15) is 0 Å². The molecule has 2 nitrogen and oxygen atoms in total. The molecule has 2 heteroatoms. The third-order valence-corrected chi connectivity index (χ3v) is 5.49. The summed E-state index contributed by atoms with van der Waals surface area (Å²) >= 11 is 0. The standard InChI is InChI=1S/C14H25NO/c1-9(5-6-16)15-14-8-10-7-13(14)12-4-2-3-11(10)12/h9-16H,2-8H2,1H3. The molecule has 6 atom stereocenters. The van der Waals surface area contributed by atoms with Crippen LogP contribution >= 0.6 is 0 Å². The SMILES string of the molecule is CC(CCO)NC1CC2CC1C1CCCC21. The van der Waals surface area contributed by atoms with Crippen LogP contribution in [0.5, 0.6) is 0 Å².